The van der Waals surface area contributed by atoms with E-state index >= 15 is 0 Å². The molecule has 90 valence electrons. The molecule has 1 fully saturated rings. The number of hydrogen-bond donors (Lipinski definition) is 1. The monoisotopic (exact) mass is 297 g/mol. The molecule has 0 radical (unpaired) electrons. The van der Waals surface area contributed by atoms with Gasteiger partial charge in [0, 0.05) is 10.5 Å². The first-order valence-corrected chi connectivity index (χ1v) is 6.49. The summed E-state index contributed by atoms with van der Waals surface area (Å²) in [5.74, 6) is 0.373. The maximum Gasteiger partial charge on any atom is 0.192 e. The van der Waals surface area contributed by atoms with Gasteiger partial charge in [-0.25, -0.2) is 4.39 Å². The van der Waals surface area contributed by atoms with Crippen molar-refractivity contribution in [3.05, 3.63) is 34.1 Å². The minimum atomic E-state index is -0.218. The van der Waals surface area contributed by atoms with Crippen molar-refractivity contribution < 1.29 is 4.39 Å². The Morgan fingerprint density at radius 1 is 1.41 bits per heavy atom. The molecule has 1 saturated carbocycles. The number of halogens is 2. The zero-order valence-electron chi connectivity index (χ0n) is 9.24. The maximum absolute atomic E-state index is 13.3. The Hall–Kier alpha value is -1.10. The first-order valence-electron chi connectivity index (χ1n) is 5.70. The predicted octanol–water partition coefficient (Wildman–Crippen LogP) is 2.42. The molecule has 3 rings (SSSR count). The molecule has 0 bridgehead atoms. The summed E-state index contributed by atoms with van der Waals surface area (Å²) in [6.07, 6.45) is 2.30. The molecule has 0 spiro atoms. The van der Waals surface area contributed by atoms with Gasteiger partial charge in [-0.1, -0.05) is 15.9 Å². The molecule has 0 amide bonds. The molecule has 1 unspecified atom stereocenters. The van der Waals surface area contributed by atoms with E-state index < -0.39 is 0 Å². The van der Waals surface area contributed by atoms with Gasteiger partial charge < -0.3 is 10.6 Å². The highest BCUT2D eigenvalue weighted by Crippen LogP contribution is 2.39. The zero-order valence-corrected chi connectivity index (χ0v) is 10.8. The van der Waals surface area contributed by atoms with Crippen molar-refractivity contribution in [3.63, 3.8) is 0 Å². The molecule has 1 aromatic carbocycles. The molecule has 1 heterocycles. The summed E-state index contributed by atoms with van der Waals surface area (Å²) in [5, 5.41) is 0. The van der Waals surface area contributed by atoms with Crippen molar-refractivity contribution in [2.24, 2.45) is 10.7 Å². The lowest BCUT2D eigenvalue weighted by atomic mass is 10.1. The van der Waals surface area contributed by atoms with Gasteiger partial charge in [-0.05, 0) is 36.6 Å². The van der Waals surface area contributed by atoms with Crippen molar-refractivity contribution in [2.75, 3.05) is 6.54 Å². The van der Waals surface area contributed by atoms with E-state index in [0.29, 0.717) is 18.5 Å². The highest BCUT2D eigenvalue weighted by Gasteiger charge is 2.39. The zero-order chi connectivity index (χ0) is 12.0. The van der Waals surface area contributed by atoms with Gasteiger partial charge in [0.2, 0.25) is 0 Å². The van der Waals surface area contributed by atoms with Gasteiger partial charge in [-0.2, -0.15) is 0 Å². The van der Waals surface area contributed by atoms with Crippen LogP contribution in [0.2, 0.25) is 0 Å². The summed E-state index contributed by atoms with van der Waals surface area (Å²) in [6.45, 7) is 0.615. The Morgan fingerprint density at radius 2 is 2.18 bits per heavy atom. The second-order valence-electron chi connectivity index (χ2n) is 4.52. The Bertz CT molecular complexity index is 485. The number of aliphatic imine (C=N–C) groups is 1. The molecule has 3 nitrogen and oxygen atoms in total. The minimum absolute atomic E-state index is 0.0765. The molecule has 2 aliphatic rings. The number of rotatable bonds is 2. The normalized spacial score (nSPS) is 24.0. The van der Waals surface area contributed by atoms with Crippen molar-refractivity contribution in [1.29, 1.82) is 0 Å². The number of hydrogen-bond acceptors (Lipinski definition) is 3. The quantitative estimate of drug-likeness (QED) is 0.911. The van der Waals surface area contributed by atoms with Crippen LogP contribution in [0.15, 0.2) is 27.7 Å². The van der Waals surface area contributed by atoms with Gasteiger partial charge in [0.05, 0.1) is 12.6 Å². The van der Waals surface area contributed by atoms with E-state index in [0.717, 1.165) is 22.9 Å². The van der Waals surface area contributed by atoms with E-state index in [2.05, 4.69) is 25.8 Å². The van der Waals surface area contributed by atoms with Gasteiger partial charge in [0.1, 0.15) is 5.82 Å². The standard InChI is InChI=1S/C12H13BrFN3/c13-10-4-1-7(14)5-9(10)11-6-16-12(15)17(11)8-2-3-8/h1,4-5,8,11H,2-3,6H2,(H2,15,16). The fourth-order valence-electron chi connectivity index (χ4n) is 2.32. The fourth-order valence-corrected chi connectivity index (χ4v) is 2.83. The summed E-state index contributed by atoms with van der Waals surface area (Å²) in [4.78, 5) is 6.41. The van der Waals surface area contributed by atoms with Crippen LogP contribution in [0.4, 0.5) is 4.39 Å². The third-order valence-electron chi connectivity index (χ3n) is 3.28. The summed E-state index contributed by atoms with van der Waals surface area (Å²) in [5.41, 5.74) is 6.83. The van der Waals surface area contributed by atoms with Crippen LogP contribution in [0.1, 0.15) is 24.4 Å². The van der Waals surface area contributed by atoms with E-state index in [1.54, 1.807) is 12.1 Å². The van der Waals surface area contributed by atoms with Crippen molar-refractivity contribution in [3.8, 4) is 0 Å². The van der Waals surface area contributed by atoms with Crippen molar-refractivity contribution in [2.45, 2.75) is 24.9 Å². The maximum atomic E-state index is 13.3. The summed E-state index contributed by atoms with van der Waals surface area (Å²) >= 11 is 3.47. The van der Waals surface area contributed by atoms with Crippen LogP contribution in [0.25, 0.3) is 0 Å². The van der Waals surface area contributed by atoms with Crippen LogP contribution in [-0.2, 0) is 0 Å². The average Bonchev–Trinajstić information content (AvgIpc) is 3.06. The summed E-state index contributed by atoms with van der Waals surface area (Å²) in [7, 11) is 0. The Kier molecular flexibility index (Phi) is 2.58. The molecule has 0 saturated heterocycles. The highest BCUT2D eigenvalue weighted by molar-refractivity contribution is 9.10. The van der Waals surface area contributed by atoms with E-state index in [-0.39, 0.29) is 11.9 Å². The molecule has 0 aromatic heterocycles. The lowest BCUT2D eigenvalue weighted by molar-refractivity contribution is 0.336. The smallest absolute Gasteiger partial charge is 0.192 e. The molecule has 1 aromatic rings. The molecular weight excluding hydrogens is 285 g/mol. The van der Waals surface area contributed by atoms with Gasteiger partial charge >= 0.3 is 0 Å². The van der Waals surface area contributed by atoms with Crippen LogP contribution in [0.3, 0.4) is 0 Å². The second-order valence-corrected chi connectivity index (χ2v) is 5.37. The number of benzene rings is 1. The van der Waals surface area contributed by atoms with Gasteiger partial charge in [-0.15, -0.1) is 0 Å². The summed E-state index contributed by atoms with van der Waals surface area (Å²) < 4.78 is 14.2. The lowest BCUT2D eigenvalue weighted by Gasteiger charge is -2.27. The van der Waals surface area contributed by atoms with E-state index in [1.807, 2.05) is 0 Å². The molecule has 17 heavy (non-hydrogen) atoms. The predicted molar refractivity (Wildman–Crippen MR) is 68.2 cm³/mol. The molecule has 1 atom stereocenters. The second kappa shape index (κ2) is 3.98. The first-order chi connectivity index (χ1) is 8.16. The average molecular weight is 298 g/mol. The van der Waals surface area contributed by atoms with Crippen LogP contribution >= 0.6 is 15.9 Å². The molecule has 1 aliphatic carbocycles. The SMILES string of the molecule is NC1=NCC(c2cc(F)ccc2Br)N1C1CC1. The van der Waals surface area contributed by atoms with Gasteiger partial charge in [0.25, 0.3) is 0 Å². The Balaban J connectivity index is 1.96. The largest absolute Gasteiger partial charge is 0.370 e. The first kappa shape index (κ1) is 11.0. The topological polar surface area (TPSA) is 41.6 Å². The molecule has 1 aliphatic heterocycles. The van der Waals surface area contributed by atoms with Crippen molar-refractivity contribution in [1.82, 2.24) is 4.90 Å². The Labute approximate surface area is 108 Å². The van der Waals surface area contributed by atoms with E-state index in [4.69, 9.17) is 5.73 Å². The number of nitrogens with zero attached hydrogens (tertiary/aromatic N) is 2. The third kappa shape index (κ3) is 1.92. The molecule has 2 N–H and O–H groups in total. The van der Waals surface area contributed by atoms with E-state index in [9.17, 15) is 4.39 Å². The highest BCUT2D eigenvalue weighted by atomic mass is 79.9. The van der Waals surface area contributed by atoms with Crippen molar-refractivity contribution >= 4 is 21.9 Å². The molecule has 5 heteroatoms. The third-order valence-corrected chi connectivity index (χ3v) is 4.01. The lowest BCUT2D eigenvalue weighted by Crippen LogP contribution is -2.37. The summed E-state index contributed by atoms with van der Waals surface area (Å²) in [6, 6.07) is 5.32. The van der Waals surface area contributed by atoms with Crippen LogP contribution in [0.5, 0.6) is 0 Å². The molecular formula is C12H13BrFN3. The van der Waals surface area contributed by atoms with Gasteiger partial charge in [0.15, 0.2) is 5.96 Å². The number of nitrogens with two attached hydrogens (primary N) is 1. The minimum Gasteiger partial charge on any atom is -0.370 e. The fraction of sp³-hybridized carbons (Fsp3) is 0.417. The Morgan fingerprint density at radius 3 is 2.88 bits per heavy atom. The number of guanidine groups is 1. The van der Waals surface area contributed by atoms with Crippen LogP contribution in [0, 0.1) is 5.82 Å². The van der Waals surface area contributed by atoms with E-state index in [1.165, 1.54) is 6.07 Å². The van der Waals surface area contributed by atoms with Crippen LogP contribution in [-0.4, -0.2) is 23.4 Å². The van der Waals surface area contributed by atoms with Crippen LogP contribution < -0.4 is 5.73 Å². The van der Waals surface area contributed by atoms with Gasteiger partial charge in [-0.3, -0.25) is 4.99 Å².